The second kappa shape index (κ2) is 3.50. The van der Waals surface area contributed by atoms with Crippen molar-refractivity contribution in [3.8, 4) is 11.5 Å². The molecule has 3 rings (SSSR count). The smallest absolute Gasteiger partial charge is 0.278 e. The Kier molecular flexibility index (Phi) is 2.02. The first-order valence-electron chi connectivity index (χ1n) is 5.16. The summed E-state index contributed by atoms with van der Waals surface area (Å²) in [7, 11) is 0. The third kappa shape index (κ3) is 1.54. The summed E-state index contributed by atoms with van der Waals surface area (Å²) in [5.74, 6) is 1.61. The number of ether oxygens (including phenoxy) is 3. The van der Waals surface area contributed by atoms with Gasteiger partial charge < -0.3 is 14.2 Å². The fourth-order valence-corrected chi connectivity index (χ4v) is 1.82. The van der Waals surface area contributed by atoms with Crippen LogP contribution in [0.4, 0.5) is 0 Å². The predicted octanol–water partition coefficient (Wildman–Crippen LogP) is 2.48. The van der Waals surface area contributed by atoms with Gasteiger partial charge in [0, 0.05) is 0 Å². The lowest BCUT2D eigenvalue weighted by Crippen LogP contribution is -2.35. The van der Waals surface area contributed by atoms with Crippen molar-refractivity contribution in [1.82, 2.24) is 0 Å². The topological polar surface area (TPSA) is 27.7 Å². The second-order valence-corrected chi connectivity index (χ2v) is 3.67. The number of hydrogen-bond acceptors (Lipinski definition) is 3. The average molecular weight is 204 g/mol. The van der Waals surface area contributed by atoms with Gasteiger partial charge in [-0.05, 0) is 31.1 Å². The highest BCUT2D eigenvalue weighted by Crippen LogP contribution is 2.36. The molecule has 0 saturated carbocycles. The maximum atomic E-state index is 5.67. The van der Waals surface area contributed by atoms with Crippen LogP contribution in [0.5, 0.6) is 11.5 Å². The molecule has 2 aliphatic heterocycles. The van der Waals surface area contributed by atoms with E-state index in [1.807, 2.05) is 30.3 Å². The summed E-state index contributed by atoms with van der Waals surface area (Å²) in [6.45, 7) is 0. The summed E-state index contributed by atoms with van der Waals surface area (Å²) in [5.41, 5.74) is 0. The van der Waals surface area contributed by atoms with Gasteiger partial charge in [-0.2, -0.15) is 0 Å². The van der Waals surface area contributed by atoms with Gasteiger partial charge in [-0.15, -0.1) is 0 Å². The van der Waals surface area contributed by atoms with E-state index in [0.717, 1.165) is 24.3 Å². The quantitative estimate of drug-likeness (QED) is 0.703. The Hall–Kier alpha value is -1.64. The van der Waals surface area contributed by atoms with E-state index in [2.05, 4.69) is 0 Å². The van der Waals surface area contributed by atoms with Crippen molar-refractivity contribution in [3.05, 3.63) is 36.6 Å². The van der Waals surface area contributed by atoms with E-state index >= 15 is 0 Å². The van der Waals surface area contributed by atoms with Gasteiger partial charge in [0.25, 0.3) is 6.29 Å². The van der Waals surface area contributed by atoms with Crippen molar-refractivity contribution in [3.63, 3.8) is 0 Å². The highest BCUT2D eigenvalue weighted by molar-refractivity contribution is 5.41. The molecular formula is C12H12O3. The van der Waals surface area contributed by atoms with Crippen LogP contribution in [-0.2, 0) is 4.74 Å². The van der Waals surface area contributed by atoms with Crippen LogP contribution in [0.3, 0.4) is 0 Å². The van der Waals surface area contributed by atoms with Crippen LogP contribution in [0.25, 0.3) is 0 Å². The van der Waals surface area contributed by atoms with Crippen LogP contribution in [0, 0.1) is 0 Å². The van der Waals surface area contributed by atoms with Crippen LogP contribution in [-0.4, -0.2) is 12.4 Å². The first-order valence-corrected chi connectivity index (χ1v) is 5.16. The van der Waals surface area contributed by atoms with E-state index in [0.29, 0.717) is 0 Å². The van der Waals surface area contributed by atoms with Crippen LogP contribution in [0.2, 0.25) is 0 Å². The fraction of sp³-hybridized carbons (Fsp3) is 0.333. The lowest BCUT2D eigenvalue weighted by atomic mass is 10.1. The van der Waals surface area contributed by atoms with Gasteiger partial charge in [0.1, 0.15) is 0 Å². The Morgan fingerprint density at radius 2 is 1.80 bits per heavy atom. The molecule has 78 valence electrons. The third-order valence-corrected chi connectivity index (χ3v) is 2.61. The zero-order chi connectivity index (χ0) is 10.1. The van der Waals surface area contributed by atoms with Crippen LogP contribution >= 0.6 is 0 Å². The second-order valence-electron chi connectivity index (χ2n) is 3.67. The molecule has 0 radical (unpaired) electrons. The van der Waals surface area contributed by atoms with Gasteiger partial charge in [-0.3, -0.25) is 0 Å². The zero-order valence-corrected chi connectivity index (χ0v) is 8.26. The predicted molar refractivity (Wildman–Crippen MR) is 54.7 cm³/mol. The van der Waals surface area contributed by atoms with Crippen LogP contribution < -0.4 is 9.47 Å². The summed E-state index contributed by atoms with van der Waals surface area (Å²) in [4.78, 5) is 0. The van der Waals surface area contributed by atoms with Gasteiger partial charge in [-0.25, -0.2) is 0 Å². The van der Waals surface area contributed by atoms with Crippen molar-refractivity contribution in [2.45, 2.75) is 25.2 Å². The molecule has 2 heterocycles. The first-order chi connectivity index (χ1) is 7.43. The number of rotatable bonds is 1. The Morgan fingerprint density at radius 1 is 1.07 bits per heavy atom. The summed E-state index contributed by atoms with van der Waals surface area (Å²) >= 11 is 0. The molecule has 1 atom stereocenters. The molecule has 0 saturated heterocycles. The van der Waals surface area contributed by atoms with Gasteiger partial charge in [0.15, 0.2) is 17.6 Å². The van der Waals surface area contributed by atoms with E-state index in [4.69, 9.17) is 14.2 Å². The number of para-hydroxylation sites is 2. The van der Waals surface area contributed by atoms with E-state index in [-0.39, 0.29) is 12.4 Å². The lowest BCUT2D eigenvalue weighted by molar-refractivity contribution is -0.0711. The average Bonchev–Trinajstić information content (AvgIpc) is 2.74. The van der Waals surface area contributed by atoms with E-state index in [1.165, 1.54) is 0 Å². The maximum Gasteiger partial charge on any atom is 0.278 e. The number of allylic oxidation sites excluding steroid dienone is 1. The highest BCUT2D eigenvalue weighted by Gasteiger charge is 2.33. The Balaban J connectivity index is 1.75. The molecule has 15 heavy (non-hydrogen) atoms. The molecule has 0 amide bonds. The molecule has 1 unspecified atom stereocenters. The number of benzene rings is 1. The minimum Gasteiger partial charge on any atom is -0.491 e. The summed E-state index contributed by atoms with van der Waals surface area (Å²) in [6, 6.07) is 7.69. The van der Waals surface area contributed by atoms with Crippen molar-refractivity contribution >= 4 is 0 Å². The summed E-state index contributed by atoms with van der Waals surface area (Å²) < 4.78 is 16.8. The largest absolute Gasteiger partial charge is 0.491 e. The van der Waals surface area contributed by atoms with Crippen LogP contribution in [0.15, 0.2) is 36.6 Å². The molecule has 0 bridgehead atoms. The van der Waals surface area contributed by atoms with Gasteiger partial charge in [0.2, 0.25) is 0 Å². The third-order valence-electron chi connectivity index (χ3n) is 2.61. The van der Waals surface area contributed by atoms with Gasteiger partial charge in [-0.1, -0.05) is 12.1 Å². The minimum atomic E-state index is -0.299. The van der Waals surface area contributed by atoms with E-state index in [9.17, 15) is 0 Å². The number of hydrogen-bond donors (Lipinski definition) is 0. The maximum absolute atomic E-state index is 5.67. The zero-order valence-electron chi connectivity index (χ0n) is 8.26. The molecular weight excluding hydrogens is 192 g/mol. The molecule has 3 nitrogen and oxygen atoms in total. The summed E-state index contributed by atoms with van der Waals surface area (Å²) in [6.07, 6.45) is 5.40. The van der Waals surface area contributed by atoms with Crippen molar-refractivity contribution in [2.75, 3.05) is 0 Å². The van der Waals surface area contributed by atoms with E-state index in [1.54, 1.807) is 6.26 Å². The molecule has 1 aromatic rings. The molecule has 0 aliphatic carbocycles. The number of fused-ring (bicyclic) bond motifs is 1. The van der Waals surface area contributed by atoms with Gasteiger partial charge in [0.05, 0.1) is 6.26 Å². The minimum absolute atomic E-state index is 0.00222. The molecule has 0 fully saturated rings. The Bertz CT molecular complexity index is 361. The molecule has 1 aromatic carbocycles. The Labute approximate surface area is 88.3 Å². The lowest BCUT2D eigenvalue weighted by Gasteiger charge is -2.23. The molecule has 2 aliphatic rings. The fourth-order valence-electron chi connectivity index (χ4n) is 1.82. The molecule has 0 N–H and O–H groups in total. The Morgan fingerprint density at radius 3 is 2.40 bits per heavy atom. The molecule has 0 spiro atoms. The monoisotopic (exact) mass is 204 g/mol. The van der Waals surface area contributed by atoms with Crippen molar-refractivity contribution < 1.29 is 14.2 Å². The summed E-state index contributed by atoms with van der Waals surface area (Å²) in [5, 5.41) is 0. The normalized spacial score (nSPS) is 23.9. The SMILES string of the molecule is C1=COC(C2Oc3ccccc3O2)CC1. The first kappa shape index (κ1) is 8.65. The highest BCUT2D eigenvalue weighted by atomic mass is 16.7. The molecule has 0 aromatic heterocycles. The van der Waals surface area contributed by atoms with Crippen molar-refractivity contribution in [1.29, 1.82) is 0 Å². The van der Waals surface area contributed by atoms with Crippen molar-refractivity contribution in [2.24, 2.45) is 0 Å². The van der Waals surface area contributed by atoms with Gasteiger partial charge >= 0.3 is 0 Å². The van der Waals surface area contributed by atoms with Crippen LogP contribution in [0.1, 0.15) is 12.8 Å². The standard InChI is InChI=1S/C12H12O3/c1-2-6-10-9(5-1)14-12(15-10)11-7-3-4-8-13-11/h1-2,4-6,8,11-12H,3,7H2. The van der Waals surface area contributed by atoms with E-state index < -0.39 is 0 Å². The molecule has 3 heteroatoms.